The molecule has 26 heavy (non-hydrogen) atoms. The Bertz CT molecular complexity index is 854. The van der Waals surface area contributed by atoms with Crippen LogP contribution >= 0.6 is 15.9 Å². The zero-order chi connectivity index (χ0) is 19.1. The molecule has 136 valence electrons. The van der Waals surface area contributed by atoms with Gasteiger partial charge >= 0.3 is 0 Å². The lowest BCUT2D eigenvalue weighted by atomic mass is 10.1. The van der Waals surface area contributed by atoms with Crippen molar-refractivity contribution in [3.63, 3.8) is 0 Å². The van der Waals surface area contributed by atoms with Crippen molar-refractivity contribution in [3.8, 4) is 11.5 Å². The van der Waals surface area contributed by atoms with E-state index in [1.165, 1.54) is 12.1 Å². The molecule has 2 rings (SSSR count). The molecular weight excluding hydrogens is 406 g/mol. The van der Waals surface area contributed by atoms with Crippen LogP contribution in [-0.4, -0.2) is 30.3 Å². The molecule has 0 aliphatic carbocycles. The Balaban J connectivity index is 1.94. The number of nitrogens with one attached hydrogen (secondary N) is 1. The van der Waals surface area contributed by atoms with E-state index in [2.05, 4.69) is 26.5 Å². The van der Waals surface area contributed by atoms with Crippen molar-refractivity contribution in [2.24, 2.45) is 5.10 Å². The molecular formula is C17H16BrN3O5. The molecule has 2 aromatic carbocycles. The van der Waals surface area contributed by atoms with E-state index in [0.717, 1.165) is 0 Å². The second kappa shape index (κ2) is 8.95. The summed E-state index contributed by atoms with van der Waals surface area (Å²) in [6.45, 7) is 1.40. The highest BCUT2D eigenvalue weighted by molar-refractivity contribution is 9.10. The summed E-state index contributed by atoms with van der Waals surface area (Å²) in [5.41, 5.74) is 3.29. The van der Waals surface area contributed by atoms with Gasteiger partial charge in [0.15, 0.2) is 6.61 Å². The van der Waals surface area contributed by atoms with Gasteiger partial charge in [0.25, 0.3) is 11.6 Å². The Labute approximate surface area is 158 Å². The summed E-state index contributed by atoms with van der Waals surface area (Å²) in [4.78, 5) is 22.2. The number of carbonyl (C=O) groups excluding carboxylic acids is 1. The van der Waals surface area contributed by atoms with Gasteiger partial charge in [-0.2, -0.15) is 5.10 Å². The lowest BCUT2D eigenvalue weighted by molar-refractivity contribution is -0.384. The average Bonchev–Trinajstić information content (AvgIpc) is 2.65. The van der Waals surface area contributed by atoms with Crippen LogP contribution in [0, 0.1) is 10.1 Å². The first-order valence-corrected chi connectivity index (χ1v) is 8.24. The van der Waals surface area contributed by atoms with E-state index in [9.17, 15) is 14.9 Å². The summed E-state index contributed by atoms with van der Waals surface area (Å²) in [6.07, 6.45) is 0. The summed E-state index contributed by atoms with van der Waals surface area (Å²) in [5.74, 6) is 0.684. The largest absolute Gasteiger partial charge is 0.497 e. The molecule has 0 saturated carbocycles. The van der Waals surface area contributed by atoms with Gasteiger partial charge < -0.3 is 9.47 Å². The molecule has 1 N–H and O–H groups in total. The molecule has 0 aliphatic heterocycles. The molecule has 0 fully saturated rings. The number of benzene rings is 2. The first-order valence-electron chi connectivity index (χ1n) is 7.45. The van der Waals surface area contributed by atoms with Crippen LogP contribution in [0.25, 0.3) is 0 Å². The van der Waals surface area contributed by atoms with Gasteiger partial charge in [-0.3, -0.25) is 14.9 Å². The van der Waals surface area contributed by atoms with Crippen LogP contribution in [0.2, 0.25) is 0 Å². The number of hydrazone groups is 1. The number of halogens is 1. The number of nitrogens with zero attached hydrogens (tertiary/aromatic N) is 2. The van der Waals surface area contributed by atoms with Crippen molar-refractivity contribution in [1.82, 2.24) is 5.43 Å². The first kappa shape index (κ1) is 19.4. The fourth-order valence-corrected chi connectivity index (χ4v) is 2.43. The number of rotatable bonds is 7. The normalized spacial score (nSPS) is 11.0. The second-order valence-corrected chi connectivity index (χ2v) is 5.98. The van der Waals surface area contributed by atoms with Crippen molar-refractivity contribution in [2.45, 2.75) is 6.92 Å². The highest BCUT2D eigenvalue weighted by atomic mass is 79.9. The number of nitro benzene ring substituents is 1. The summed E-state index contributed by atoms with van der Waals surface area (Å²) in [5, 5.41) is 14.7. The standard InChI is InChI=1S/C17H16BrN3O5/c1-11(12-4-3-5-13(8-12)21(23)24)19-20-17(22)10-26-16-7-6-14(25-2)9-15(16)18/h3-9H,10H2,1-2H3,(H,20,22)/b19-11+. The van der Waals surface area contributed by atoms with Gasteiger partial charge in [-0.05, 0) is 41.1 Å². The van der Waals surface area contributed by atoms with E-state index in [0.29, 0.717) is 27.2 Å². The van der Waals surface area contributed by atoms with Crippen LogP contribution in [0.15, 0.2) is 52.0 Å². The van der Waals surface area contributed by atoms with Crippen molar-refractivity contribution < 1.29 is 19.2 Å². The fraction of sp³-hybridized carbons (Fsp3) is 0.176. The zero-order valence-corrected chi connectivity index (χ0v) is 15.6. The van der Waals surface area contributed by atoms with E-state index in [4.69, 9.17) is 9.47 Å². The lowest BCUT2D eigenvalue weighted by Crippen LogP contribution is -2.25. The monoisotopic (exact) mass is 421 g/mol. The minimum atomic E-state index is -0.490. The quantitative estimate of drug-likeness (QED) is 0.419. The summed E-state index contributed by atoms with van der Waals surface area (Å²) < 4.78 is 11.1. The van der Waals surface area contributed by atoms with E-state index < -0.39 is 10.8 Å². The van der Waals surface area contributed by atoms with Crippen LogP contribution in [0.3, 0.4) is 0 Å². The van der Waals surface area contributed by atoms with Crippen LogP contribution in [0.5, 0.6) is 11.5 Å². The second-order valence-electron chi connectivity index (χ2n) is 5.12. The maximum absolute atomic E-state index is 11.9. The highest BCUT2D eigenvalue weighted by Gasteiger charge is 2.09. The summed E-state index contributed by atoms with van der Waals surface area (Å²) in [7, 11) is 1.55. The Morgan fingerprint density at radius 2 is 2.08 bits per heavy atom. The molecule has 0 aromatic heterocycles. The molecule has 1 amide bonds. The third-order valence-corrected chi connectivity index (χ3v) is 3.94. The average molecular weight is 422 g/mol. The first-order chi connectivity index (χ1) is 12.4. The Hall–Kier alpha value is -2.94. The molecule has 0 saturated heterocycles. The molecule has 2 aromatic rings. The number of ether oxygens (including phenoxy) is 2. The molecule has 0 spiro atoms. The van der Waals surface area contributed by atoms with Gasteiger partial charge in [-0.25, -0.2) is 5.43 Å². The minimum Gasteiger partial charge on any atom is -0.497 e. The number of carbonyl (C=O) groups is 1. The van der Waals surface area contributed by atoms with Gasteiger partial charge in [0, 0.05) is 17.7 Å². The van der Waals surface area contributed by atoms with Crippen molar-refractivity contribution in [2.75, 3.05) is 13.7 Å². The predicted octanol–water partition coefficient (Wildman–Crippen LogP) is 3.29. The maximum atomic E-state index is 11.9. The molecule has 0 heterocycles. The molecule has 0 unspecified atom stereocenters. The Morgan fingerprint density at radius 1 is 1.31 bits per heavy atom. The van der Waals surface area contributed by atoms with Crippen molar-refractivity contribution >= 4 is 33.2 Å². The highest BCUT2D eigenvalue weighted by Crippen LogP contribution is 2.28. The third kappa shape index (κ3) is 5.28. The van der Waals surface area contributed by atoms with Crippen LogP contribution < -0.4 is 14.9 Å². The number of hydrogen-bond donors (Lipinski definition) is 1. The zero-order valence-electron chi connectivity index (χ0n) is 14.1. The van der Waals surface area contributed by atoms with E-state index in [1.807, 2.05) is 0 Å². The maximum Gasteiger partial charge on any atom is 0.277 e. The van der Waals surface area contributed by atoms with Crippen molar-refractivity contribution in [3.05, 3.63) is 62.6 Å². The van der Waals surface area contributed by atoms with E-state index in [1.54, 1.807) is 44.4 Å². The minimum absolute atomic E-state index is 0.0453. The summed E-state index contributed by atoms with van der Waals surface area (Å²) in [6, 6.07) is 11.1. The van der Waals surface area contributed by atoms with Crippen LogP contribution in [0.1, 0.15) is 12.5 Å². The van der Waals surface area contributed by atoms with Gasteiger partial charge in [0.1, 0.15) is 11.5 Å². The van der Waals surface area contributed by atoms with Gasteiger partial charge in [-0.15, -0.1) is 0 Å². The van der Waals surface area contributed by atoms with Gasteiger partial charge in [0.05, 0.1) is 22.2 Å². The van der Waals surface area contributed by atoms with Crippen molar-refractivity contribution in [1.29, 1.82) is 0 Å². The fourth-order valence-electron chi connectivity index (χ4n) is 1.96. The lowest BCUT2D eigenvalue weighted by Gasteiger charge is -2.09. The molecule has 0 atom stereocenters. The summed E-state index contributed by atoms with van der Waals surface area (Å²) >= 11 is 3.33. The molecule has 9 heteroatoms. The Kier molecular flexibility index (Phi) is 6.67. The van der Waals surface area contributed by atoms with E-state index >= 15 is 0 Å². The molecule has 0 radical (unpaired) electrons. The third-order valence-electron chi connectivity index (χ3n) is 3.32. The Morgan fingerprint density at radius 3 is 2.73 bits per heavy atom. The molecule has 0 aliphatic rings. The smallest absolute Gasteiger partial charge is 0.277 e. The number of nitro groups is 1. The number of hydrogen-bond acceptors (Lipinski definition) is 6. The van der Waals surface area contributed by atoms with Gasteiger partial charge in [0.2, 0.25) is 0 Å². The molecule has 8 nitrogen and oxygen atoms in total. The number of methoxy groups -OCH3 is 1. The predicted molar refractivity (Wildman–Crippen MR) is 99.6 cm³/mol. The van der Waals surface area contributed by atoms with Crippen LogP contribution in [-0.2, 0) is 4.79 Å². The molecule has 0 bridgehead atoms. The van der Waals surface area contributed by atoms with Gasteiger partial charge in [-0.1, -0.05) is 12.1 Å². The number of amides is 1. The van der Waals surface area contributed by atoms with Crippen LogP contribution in [0.4, 0.5) is 5.69 Å². The number of non-ortho nitro benzene ring substituents is 1. The topological polar surface area (TPSA) is 103 Å². The van der Waals surface area contributed by atoms with E-state index in [-0.39, 0.29) is 12.3 Å². The SMILES string of the molecule is COc1ccc(OCC(=O)N/N=C(\C)c2cccc([N+](=O)[O-])c2)c(Br)c1.